The van der Waals surface area contributed by atoms with Crippen LogP contribution in [0.15, 0.2) is 18.2 Å². The number of hydrogen-bond acceptors (Lipinski definition) is 3. The van der Waals surface area contributed by atoms with Gasteiger partial charge in [-0.2, -0.15) is 0 Å². The van der Waals surface area contributed by atoms with Crippen molar-refractivity contribution in [3.05, 3.63) is 29.6 Å². The first kappa shape index (κ1) is 14.8. The molecule has 1 aromatic carbocycles. The summed E-state index contributed by atoms with van der Waals surface area (Å²) in [6.07, 6.45) is 3.71. The van der Waals surface area contributed by atoms with Gasteiger partial charge >= 0.3 is 0 Å². The summed E-state index contributed by atoms with van der Waals surface area (Å²) in [6, 6.07) is 3.75. The maximum atomic E-state index is 13.8. The average Bonchev–Trinajstić information content (AvgIpc) is 2.45. The summed E-state index contributed by atoms with van der Waals surface area (Å²) in [5, 5.41) is 9.22. The van der Waals surface area contributed by atoms with Crippen LogP contribution in [0.1, 0.15) is 36.0 Å². The van der Waals surface area contributed by atoms with Gasteiger partial charge in [-0.15, -0.1) is 0 Å². The van der Waals surface area contributed by atoms with E-state index < -0.39 is 5.82 Å². The summed E-state index contributed by atoms with van der Waals surface area (Å²) >= 11 is 0. The molecule has 2 rings (SSSR count). The van der Waals surface area contributed by atoms with Gasteiger partial charge in [0.05, 0.1) is 5.56 Å². The van der Waals surface area contributed by atoms with Crippen molar-refractivity contribution < 1.29 is 19.0 Å². The van der Waals surface area contributed by atoms with Gasteiger partial charge in [-0.3, -0.25) is 4.79 Å². The first-order valence-corrected chi connectivity index (χ1v) is 6.92. The lowest BCUT2D eigenvalue weighted by atomic mass is 9.98. The molecule has 4 nitrogen and oxygen atoms in total. The van der Waals surface area contributed by atoms with Gasteiger partial charge in [-0.05, 0) is 37.8 Å². The van der Waals surface area contributed by atoms with Crippen molar-refractivity contribution in [2.75, 3.05) is 20.3 Å². The Labute approximate surface area is 118 Å². The van der Waals surface area contributed by atoms with Crippen LogP contribution in [-0.2, 0) is 4.74 Å². The highest BCUT2D eigenvalue weighted by atomic mass is 19.1. The number of rotatable bonds is 4. The van der Waals surface area contributed by atoms with Gasteiger partial charge in [0, 0.05) is 32.4 Å². The molecule has 1 amide bonds. The number of methoxy groups -OCH3 is 1. The summed E-state index contributed by atoms with van der Waals surface area (Å²) in [6.45, 7) is 1.24. The van der Waals surface area contributed by atoms with Gasteiger partial charge in [0.25, 0.3) is 5.91 Å². The second-order valence-corrected chi connectivity index (χ2v) is 5.09. The Balaban J connectivity index is 2.16. The third-order valence-electron chi connectivity index (χ3n) is 3.73. The molecular weight excluding hydrogens is 261 g/mol. The molecule has 5 heteroatoms. The second kappa shape index (κ2) is 6.70. The molecule has 1 aromatic rings. The zero-order chi connectivity index (χ0) is 14.5. The van der Waals surface area contributed by atoms with Crippen molar-refractivity contribution in [3.8, 4) is 5.75 Å². The molecule has 0 aromatic heterocycles. The summed E-state index contributed by atoms with van der Waals surface area (Å²) in [5.41, 5.74) is 0.0205. The number of ether oxygens (including phenoxy) is 1. The Morgan fingerprint density at radius 2 is 2.30 bits per heavy atom. The van der Waals surface area contributed by atoms with Crippen LogP contribution in [0.25, 0.3) is 0 Å². The summed E-state index contributed by atoms with van der Waals surface area (Å²) in [4.78, 5) is 14.2. The molecule has 1 saturated heterocycles. The summed E-state index contributed by atoms with van der Waals surface area (Å²) in [5.74, 6) is -1.15. The van der Waals surface area contributed by atoms with Crippen LogP contribution in [0.4, 0.5) is 4.39 Å². The van der Waals surface area contributed by atoms with E-state index in [1.165, 1.54) is 12.1 Å². The Kier molecular flexibility index (Phi) is 4.95. The number of aromatic hydroxyl groups is 1. The topological polar surface area (TPSA) is 49.8 Å². The highest BCUT2D eigenvalue weighted by Gasteiger charge is 2.28. The first-order valence-electron chi connectivity index (χ1n) is 6.92. The Morgan fingerprint density at radius 3 is 3.00 bits per heavy atom. The predicted molar refractivity (Wildman–Crippen MR) is 73.2 cm³/mol. The maximum absolute atomic E-state index is 13.8. The molecule has 1 aliphatic heterocycles. The van der Waals surface area contributed by atoms with Crippen molar-refractivity contribution in [2.24, 2.45) is 0 Å². The van der Waals surface area contributed by atoms with Crippen molar-refractivity contribution in [1.29, 1.82) is 0 Å². The first-order chi connectivity index (χ1) is 9.63. The molecule has 0 spiro atoms. The van der Waals surface area contributed by atoms with E-state index in [0.717, 1.165) is 31.7 Å². The summed E-state index contributed by atoms with van der Waals surface area (Å²) in [7, 11) is 1.63. The highest BCUT2D eigenvalue weighted by molar-refractivity contribution is 5.94. The van der Waals surface area contributed by atoms with Gasteiger partial charge in [0.1, 0.15) is 11.6 Å². The van der Waals surface area contributed by atoms with E-state index in [9.17, 15) is 14.3 Å². The normalized spacial score (nSPS) is 19.1. The number of phenolic OH excluding ortho intramolecular Hbond substituents is 1. The van der Waals surface area contributed by atoms with E-state index in [2.05, 4.69) is 0 Å². The van der Waals surface area contributed by atoms with Crippen LogP contribution >= 0.6 is 0 Å². The number of carbonyl (C=O) groups is 1. The second-order valence-electron chi connectivity index (χ2n) is 5.09. The number of amides is 1. The van der Waals surface area contributed by atoms with Gasteiger partial charge in [0.2, 0.25) is 0 Å². The third kappa shape index (κ3) is 3.28. The molecule has 0 aliphatic carbocycles. The lowest BCUT2D eigenvalue weighted by molar-refractivity contribution is 0.0548. The van der Waals surface area contributed by atoms with E-state index >= 15 is 0 Å². The average molecular weight is 281 g/mol. The van der Waals surface area contributed by atoms with E-state index in [0.29, 0.717) is 13.2 Å². The molecule has 0 radical (unpaired) electrons. The lowest BCUT2D eigenvalue weighted by Crippen LogP contribution is -2.44. The van der Waals surface area contributed by atoms with E-state index in [1.807, 2.05) is 0 Å². The third-order valence-corrected chi connectivity index (χ3v) is 3.73. The number of halogens is 1. The number of phenols is 1. The number of nitrogens with zero attached hydrogens (tertiary/aromatic N) is 1. The van der Waals surface area contributed by atoms with E-state index in [-0.39, 0.29) is 23.3 Å². The van der Waals surface area contributed by atoms with Gasteiger partial charge in [-0.1, -0.05) is 0 Å². The smallest absolute Gasteiger partial charge is 0.257 e. The molecular formula is C15H20FNO3. The van der Waals surface area contributed by atoms with E-state index in [4.69, 9.17) is 4.74 Å². The fraction of sp³-hybridized carbons (Fsp3) is 0.533. The highest BCUT2D eigenvalue weighted by Crippen LogP contribution is 2.24. The Bertz CT molecular complexity index is 478. The quantitative estimate of drug-likeness (QED) is 0.922. The van der Waals surface area contributed by atoms with Crippen molar-refractivity contribution in [1.82, 2.24) is 4.90 Å². The van der Waals surface area contributed by atoms with Gasteiger partial charge in [0.15, 0.2) is 0 Å². The van der Waals surface area contributed by atoms with Crippen molar-refractivity contribution >= 4 is 5.91 Å². The lowest BCUT2D eigenvalue weighted by Gasteiger charge is -2.36. The molecule has 1 atom stereocenters. The number of likely N-dealkylation sites (tertiary alicyclic amines) is 1. The number of benzene rings is 1. The minimum Gasteiger partial charge on any atom is -0.508 e. The summed E-state index contributed by atoms with van der Waals surface area (Å²) < 4.78 is 18.9. The zero-order valence-corrected chi connectivity index (χ0v) is 11.6. The fourth-order valence-corrected chi connectivity index (χ4v) is 2.65. The molecule has 110 valence electrons. The van der Waals surface area contributed by atoms with Crippen LogP contribution in [-0.4, -0.2) is 42.2 Å². The number of hydrogen-bond donors (Lipinski definition) is 1. The molecule has 0 bridgehead atoms. The Hall–Kier alpha value is -1.62. The molecule has 0 saturated carbocycles. The van der Waals surface area contributed by atoms with Crippen LogP contribution < -0.4 is 0 Å². The minimum absolute atomic E-state index is 0.0205. The van der Waals surface area contributed by atoms with E-state index in [1.54, 1.807) is 12.0 Å². The molecule has 1 aliphatic rings. The SMILES string of the molecule is COCC[C@@H]1CCCCN1C(=O)c1ccc(O)cc1F. The fourth-order valence-electron chi connectivity index (χ4n) is 2.65. The Morgan fingerprint density at radius 1 is 1.50 bits per heavy atom. The standard InChI is InChI=1S/C15H20FNO3/c1-20-9-7-11-4-2-3-8-17(11)15(19)13-6-5-12(18)10-14(13)16/h5-6,10-11,18H,2-4,7-9H2,1H3/t11-/m0/s1. The number of piperidine rings is 1. The molecule has 20 heavy (non-hydrogen) atoms. The van der Waals surface area contributed by atoms with Crippen LogP contribution in [0.3, 0.4) is 0 Å². The zero-order valence-electron chi connectivity index (χ0n) is 11.6. The van der Waals surface area contributed by atoms with Crippen LogP contribution in [0.5, 0.6) is 5.75 Å². The molecule has 1 N–H and O–H groups in total. The monoisotopic (exact) mass is 281 g/mol. The predicted octanol–water partition coefficient (Wildman–Crippen LogP) is 2.56. The molecule has 0 unspecified atom stereocenters. The van der Waals surface area contributed by atoms with Crippen molar-refractivity contribution in [2.45, 2.75) is 31.7 Å². The van der Waals surface area contributed by atoms with Crippen molar-refractivity contribution in [3.63, 3.8) is 0 Å². The molecule has 1 heterocycles. The van der Waals surface area contributed by atoms with Crippen LogP contribution in [0.2, 0.25) is 0 Å². The number of carbonyl (C=O) groups excluding carboxylic acids is 1. The van der Waals surface area contributed by atoms with Crippen LogP contribution in [0, 0.1) is 5.82 Å². The largest absolute Gasteiger partial charge is 0.508 e. The maximum Gasteiger partial charge on any atom is 0.257 e. The molecule has 1 fully saturated rings. The van der Waals surface area contributed by atoms with Gasteiger partial charge < -0.3 is 14.7 Å². The minimum atomic E-state index is -0.675. The van der Waals surface area contributed by atoms with Gasteiger partial charge in [-0.25, -0.2) is 4.39 Å².